The Morgan fingerprint density at radius 3 is 0.792 bits per heavy atom. The van der Waals surface area contributed by atoms with Crippen LogP contribution in [-0.2, 0) is 28.6 Å². The minimum Gasteiger partial charge on any atom is -0.462 e. The van der Waals surface area contributed by atoms with Crippen molar-refractivity contribution in [2.45, 2.75) is 322 Å². The van der Waals surface area contributed by atoms with E-state index in [2.05, 4.69) is 118 Å². The molecule has 0 aromatic rings. The van der Waals surface area contributed by atoms with Crippen molar-refractivity contribution in [2.75, 3.05) is 13.2 Å². The maximum Gasteiger partial charge on any atom is 0.306 e. The molecule has 0 N–H and O–H groups in total. The van der Waals surface area contributed by atoms with Crippen LogP contribution in [0.25, 0.3) is 0 Å². The summed E-state index contributed by atoms with van der Waals surface area (Å²) >= 11 is 0. The molecule has 0 amide bonds. The van der Waals surface area contributed by atoms with Gasteiger partial charge in [-0.2, -0.15) is 0 Å². The fraction of sp³-hybridized carbons (Fsp3) is 0.732. The first-order valence-corrected chi connectivity index (χ1v) is 32.7. The fourth-order valence-corrected chi connectivity index (χ4v) is 9.23. The van der Waals surface area contributed by atoms with Crippen molar-refractivity contribution in [1.29, 1.82) is 0 Å². The van der Waals surface area contributed by atoms with Gasteiger partial charge in [0.05, 0.1) is 0 Å². The van der Waals surface area contributed by atoms with Crippen molar-refractivity contribution in [1.82, 2.24) is 0 Å². The average Bonchev–Trinajstić information content (AvgIpc) is 3.43. The summed E-state index contributed by atoms with van der Waals surface area (Å²) in [5.74, 6) is -0.874. The first kappa shape index (κ1) is 73.3. The van der Waals surface area contributed by atoms with E-state index in [0.717, 1.165) is 116 Å². The monoisotopic (exact) mass is 1070 g/mol. The van der Waals surface area contributed by atoms with Gasteiger partial charge in [0.1, 0.15) is 13.2 Å². The molecule has 442 valence electrons. The van der Waals surface area contributed by atoms with Gasteiger partial charge in [-0.05, 0) is 83.5 Å². The first-order valence-electron chi connectivity index (χ1n) is 32.7. The second-order valence-corrected chi connectivity index (χ2v) is 21.7. The van der Waals surface area contributed by atoms with Crippen LogP contribution in [0.15, 0.2) is 97.2 Å². The van der Waals surface area contributed by atoms with Crippen LogP contribution in [0.4, 0.5) is 0 Å². The normalized spacial score (nSPS) is 12.7. The molecule has 6 heteroatoms. The van der Waals surface area contributed by atoms with Gasteiger partial charge in [0, 0.05) is 19.3 Å². The lowest BCUT2D eigenvalue weighted by Crippen LogP contribution is -2.30. The van der Waals surface area contributed by atoms with Crippen LogP contribution in [0.2, 0.25) is 0 Å². The van der Waals surface area contributed by atoms with Crippen LogP contribution in [-0.4, -0.2) is 37.2 Å². The molecule has 0 aromatic heterocycles. The first-order chi connectivity index (χ1) is 38.0. The van der Waals surface area contributed by atoms with Gasteiger partial charge in [-0.3, -0.25) is 14.4 Å². The molecule has 0 bridgehead atoms. The third kappa shape index (κ3) is 63.0. The molecular weight excluding hydrogens is 949 g/mol. The molecule has 0 rings (SSSR count). The SMILES string of the molecule is CC/C=C\C/C=C\C/C=C\C/C=C\C/C=C\C/C=C\C/C=C\C/C=C\CCCCCCCCCCC(=O)OCC(COC(=O)CCCCCCCCCCC)OC(=O)CCCCCCCCCCCCCCCCCCC. The van der Waals surface area contributed by atoms with Crippen LogP contribution < -0.4 is 0 Å². The molecule has 0 aliphatic rings. The third-order valence-electron chi connectivity index (χ3n) is 14.1. The largest absolute Gasteiger partial charge is 0.462 e. The van der Waals surface area contributed by atoms with Crippen LogP contribution in [0.5, 0.6) is 0 Å². The van der Waals surface area contributed by atoms with Gasteiger partial charge >= 0.3 is 17.9 Å². The Morgan fingerprint density at radius 1 is 0.273 bits per heavy atom. The molecule has 0 aromatic carbocycles. The average molecular weight is 1070 g/mol. The number of unbranched alkanes of at least 4 members (excludes halogenated alkanes) is 32. The highest BCUT2D eigenvalue weighted by Gasteiger charge is 2.19. The maximum atomic E-state index is 12.9. The molecule has 0 spiro atoms. The predicted molar refractivity (Wildman–Crippen MR) is 334 cm³/mol. The Kier molecular flexibility index (Phi) is 61.8. The number of hydrogen-bond donors (Lipinski definition) is 0. The van der Waals surface area contributed by atoms with Crippen molar-refractivity contribution in [3.8, 4) is 0 Å². The zero-order valence-electron chi connectivity index (χ0n) is 50.7. The van der Waals surface area contributed by atoms with Crippen LogP contribution >= 0.6 is 0 Å². The predicted octanol–water partition coefficient (Wildman–Crippen LogP) is 22.4. The Balaban J connectivity index is 4.18. The van der Waals surface area contributed by atoms with Gasteiger partial charge in [-0.25, -0.2) is 0 Å². The summed E-state index contributed by atoms with van der Waals surface area (Å²) in [5.41, 5.74) is 0. The topological polar surface area (TPSA) is 78.9 Å². The lowest BCUT2D eigenvalue weighted by molar-refractivity contribution is -0.167. The minimum atomic E-state index is -0.777. The van der Waals surface area contributed by atoms with Crippen molar-refractivity contribution >= 4 is 17.9 Å². The highest BCUT2D eigenvalue weighted by atomic mass is 16.6. The van der Waals surface area contributed by atoms with E-state index < -0.39 is 6.10 Å². The molecule has 77 heavy (non-hydrogen) atoms. The standard InChI is InChI=1S/C71H122O6/c1-4-7-10-13-16-19-21-23-25-27-28-29-30-31-32-33-34-35-36-37-38-39-40-41-42-44-45-47-49-52-55-58-61-64-70(73)76-67-68(66-75-69(72)63-60-57-54-51-18-15-12-9-6-3)77-71(74)65-62-59-56-53-50-48-46-43-26-24-22-20-17-14-11-8-5-2/h7,10,16,19,23,25,28-29,31-32,34-35,37-38,40-41,68H,4-6,8-9,11-15,17-18,20-22,24,26-27,30,33,36,39,42-67H2,1-3H3/b10-7-,19-16-,25-23-,29-28-,32-31-,35-34-,38-37-,41-40-. The fourth-order valence-electron chi connectivity index (χ4n) is 9.23. The van der Waals surface area contributed by atoms with E-state index in [9.17, 15) is 14.4 Å². The van der Waals surface area contributed by atoms with Crippen molar-refractivity contribution in [2.24, 2.45) is 0 Å². The van der Waals surface area contributed by atoms with Crippen molar-refractivity contribution in [3.05, 3.63) is 97.2 Å². The Labute approximate surface area is 477 Å². The molecule has 1 unspecified atom stereocenters. The Hall–Kier alpha value is -3.67. The molecule has 0 aliphatic carbocycles. The van der Waals surface area contributed by atoms with Gasteiger partial charge in [-0.15, -0.1) is 0 Å². The molecular formula is C71H122O6. The second kappa shape index (κ2) is 64.9. The Bertz CT molecular complexity index is 1510. The molecule has 0 saturated heterocycles. The lowest BCUT2D eigenvalue weighted by atomic mass is 10.0. The molecule has 0 heterocycles. The number of carbonyl (C=O) groups is 3. The van der Waals surface area contributed by atoms with E-state index in [-0.39, 0.29) is 31.1 Å². The summed E-state index contributed by atoms with van der Waals surface area (Å²) < 4.78 is 16.9. The summed E-state index contributed by atoms with van der Waals surface area (Å²) in [6.45, 7) is 6.53. The van der Waals surface area contributed by atoms with E-state index in [4.69, 9.17) is 14.2 Å². The quantitative estimate of drug-likeness (QED) is 0.0261. The van der Waals surface area contributed by atoms with Crippen LogP contribution in [0.1, 0.15) is 316 Å². The van der Waals surface area contributed by atoms with E-state index in [1.807, 2.05) is 0 Å². The molecule has 6 nitrogen and oxygen atoms in total. The van der Waals surface area contributed by atoms with Crippen molar-refractivity contribution in [3.63, 3.8) is 0 Å². The number of carbonyl (C=O) groups excluding carboxylic acids is 3. The smallest absolute Gasteiger partial charge is 0.306 e. The summed E-state index contributed by atoms with van der Waals surface area (Å²) in [5, 5.41) is 0. The minimum absolute atomic E-state index is 0.0751. The lowest BCUT2D eigenvalue weighted by Gasteiger charge is -2.18. The number of ether oxygens (including phenoxy) is 3. The van der Waals surface area contributed by atoms with Gasteiger partial charge in [0.2, 0.25) is 0 Å². The zero-order valence-corrected chi connectivity index (χ0v) is 50.7. The van der Waals surface area contributed by atoms with Gasteiger partial charge in [0.25, 0.3) is 0 Å². The second-order valence-electron chi connectivity index (χ2n) is 21.7. The number of hydrogen-bond acceptors (Lipinski definition) is 6. The van der Waals surface area contributed by atoms with Gasteiger partial charge in [-0.1, -0.05) is 311 Å². The highest BCUT2D eigenvalue weighted by molar-refractivity contribution is 5.71. The molecule has 1 atom stereocenters. The number of allylic oxidation sites excluding steroid dienone is 16. The van der Waals surface area contributed by atoms with Gasteiger partial charge < -0.3 is 14.2 Å². The zero-order chi connectivity index (χ0) is 55.7. The third-order valence-corrected chi connectivity index (χ3v) is 14.1. The van der Waals surface area contributed by atoms with Crippen LogP contribution in [0, 0.1) is 0 Å². The highest BCUT2D eigenvalue weighted by Crippen LogP contribution is 2.17. The van der Waals surface area contributed by atoms with E-state index in [1.54, 1.807) is 0 Å². The summed E-state index contributed by atoms with van der Waals surface area (Å²) in [4.78, 5) is 38.2. The van der Waals surface area contributed by atoms with E-state index in [1.165, 1.54) is 161 Å². The molecule has 0 radical (unpaired) electrons. The van der Waals surface area contributed by atoms with Crippen LogP contribution in [0.3, 0.4) is 0 Å². The summed E-state index contributed by atoms with van der Waals surface area (Å²) in [6, 6.07) is 0. The number of rotatable bonds is 59. The molecule has 0 aliphatic heterocycles. The van der Waals surface area contributed by atoms with Gasteiger partial charge in [0.15, 0.2) is 6.10 Å². The molecule has 0 fully saturated rings. The molecule has 0 saturated carbocycles. The summed E-state index contributed by atoms with van der Waals surface area (Å²) in [7, 11) is 0. The number of esters is 3. The maximum absolute atomic E-state index is 12.9. The summed E-state index contributed by atoms with van der Waals surface area (Å²) in [6.07, 6.45) is 87.1. The van der Waals surface area contributed by atoms with E-state index >= 15 is 0 Å². The van der Waals surface area contributed by atoms with Crippen molar-refractivity contribution < 1.29 is 28.6 Å². The van der Waals surface area contributed by atoms with E-state index in [0.29, 0.717) is 19.3 Å². The Morgan fingerprint density at radius 2 is 0.506 bits per heavy atom.